The standard InChI is InChI=1S/C15H19BrO4/c16-14-6-5-12(8-13(14)15(18)19)20-9-11(17)7-10-3-1-2-4-10/h5-6,8,10-11,17H,1-4,7,9H2,(H,18,19). The fraction of sp³-hybridized carbons (Fsp3) is 0.533. The van der Waals surface area contributed by atoms with Crippen LogP contribution in [0.5, 0.6) is 5.75 Å². The number of ether oxygens (including phenoxy) is 1. The average Bonchev–Trinajstić information content (AvgIpc) is 2.90. The zero-order valence-corrected chi connectivity index (χ0v) is 12.8. The third-order valence-corrected chi connectivity index (χ3v) is 4.38. The van der Waals surface area contributed by atoms with Gasteiger partial charge in [-0.2, -0.15) is 0 Å². The first-order valence-corrected chi connectivity index (χ1v) is 7.69. The van der Waals surface area contributed by atoms with E-state index in [-0.39, 0.29) is 12.2 Å². The smallest absolute Gasteiger partial charge is 0.336 e. The molecule has 0 aromatic heterocycles. The van der Waals surface area contributed by atoms with Crippen molar-refractivity contribution in [1.29, 1.82) is 0 Å². The molecule has 0 heterocycles. The van der Waals surface area contributed by atoms with E-state index in [0.717, 1.165) is 6.42 Å². The molecule has 20 heavy (non-hydrogen) atoms. The minimum absolute atomic E-state index is 0.160. The lowest BCUT2D eigenvalue weighted by atomic mass is 10.0. The van der Waals surface area contributed by atoms with Crippen LogP contribution in [0.25, 0.3) is 0 Å². The summed E-state index contributed by atoms with van der Waals surface area (Å²) in [5, 5.41) is 19.0. The highest BCUT2D eigenvalue weighted by Gasteiger charge is 2.19. The second kappa shape index (κ2) is 7.09. The van der Waals surface area contributed by atoms with E-state index in [1.165, 1.54) is 31.7 Å². The summed E-state index contributed by atoms with van der Waals surface area (Å²) in [6.45, 7) is 0.206. The van der Waals surface area contributed by atoms with Gasteiger partial charge in [0.2, 0.25) is 0 Å². The number of benzene rings is 1. The molecule has 1 aliphatic rings. The van der Waals surface area contributed by atoms with E-state index in [0.29, 0.717) is 16.1 Å². The molecule has 1 aromatic carbocycles. The third-order valence-electron chi connectivity index (χ3n) is 3.69. The number of carbonyl (C=O) groups is 1. The Morgan fingerprint density at radius 1 is 1.40 bits per heavy atom. The molecule has 1 unspecified atom stereocenters. The zero-order valence-electron chi connectivity index (χ0n) is 11.2. The summed E-state index contributed by atoms with van der Waals surface area (Å²) < 4.78 is 6.01. The second-order valence-corrected chi connectivity index (χ2v) is 6.15. The molecule has 0 spiro atoms. The molecule has 1 saturated carbocycles. The first kappa shape index (κ1) is 15.3. The van der Waals surface area contributed by atoms with E-state index >= 15 is 0 Å². The van der Waals surface area contributed by atoms with Gasteiger partial charge in [0.1, 0.15) is 12.4 Å². The van der Waals surface area contributed by atoms with Gasteiger partial charge in [-0.1, -0.05) is 25.7 Å². The van der Waals surface area contributed by atoms with Crippen LogP contribution in [0, 0.1) is 5.92 Å². The first-order valence-electron chi connectivity index (χ1n) is 6.90. The Labute approximate surface area is 126 Å². The van der Waals surface area contributed by atoms with Crippen molar-refractivity contribution in [2.45, 2.75) is 38.2 Å². The SMILES string of the molecule is O=C(O)c1cc(OCC(O)CC2CCCC2)ccc1Br. The molecule has 1 aliphatic carbocycles. The van der Waals surface area contributed by atoms with Gasteiger partial charge in [-0.05, 0) is 46.5 Å². The molecular formula is C15H19BrO4. The fourth-order valence-electron chi connectivity index (χ4n) is 2.65. The average molecular weight is 343 g/mol. The number of rotatable bonds is 6. The number of hydrogen-bond donors (Lipinski definition) is 2. The normalized spacial score (nSPS) is 17.1. The summed E-state index contributed by atoms with van der Waals surface area (Å²) in [6, 6.07) is 4.80. The van der Waals surface area contributed by atoms with E-state index in [9.17, 15) is 9.90 Å². The number of hydrogen-bond acceptors (Lipinski definition) is 3. The number of aromatic carboxylic acids is 1. The lowest BCUT2D eigenvalue weighted by molar-refractivity contribution is 0.0694. The van der Waals surface area contributed by atoms with E-state index in [4.69, 9.17) is 9.84 Å². The van der Waals surface area contributed by atoms with Crippen molar-refractivity contribution in [2.24, 2.45) is 5.92 Å². The van der Waals surface area contributed by atoms with Crippen molar-refractivity contribution in [3.63, 3.8) is 0 Å². The highest BCUT2D eigenvalue weighted by atomic mass is 79.9. The minimum Gasteiger partial charge on any atom is -0.491 e. The van der Waals surface area contributed by atoms with Gasteiger partial charge in [0.15, 0.2) is 0 Å². The van der Waals surface area contributed by atoms with E-state index in [1.807, 2.05) is 0 Å². The molecule has 0 aliphatic heterocycles. The largest absolute Gasteiger partial charge is 0.491 e. The number of aliphatic hydroxyl groups excluding tert-OH is 1. The van der Waals surface area contributed by atoms with Crippen molar-refractivity contribution in [3.8, 4) is 5.75 Å². The van der Waals surface area contributed by atoms with Crippen LogP contribution in [0.1, 0.15) is 42.5 Å². The van der Waals surface area contributed by atoms with E-state index in [1.54, 1.807) is 12.1 Å². The van der Waals surface area contributed by atoms with Crippen LogP contribution in [0.2, 0.25) is 0 Å². The topological polar surface area (TPSA) is 66.8 Å². The summed E-state index contributed by atoms with van der Waals surface area (Å²) in [4.78, 5) is 11.0. The van der Waals surface area contributed by atoms with Gasteiger partial charge in [-0.15, -0.1) is 0 Å². The van der Waals surface area contributed by atoms with Crippen molar-refractivity contribution in [3.05, 3.63) is 28.2 Å². The second-order valence-electron chi connectivity index (χ2n) is 5.30. The molecule has 1 atom stereocenters. The maximum absolute atomic E-state index is 11.0. The Kier molecular flexibility index (Phi) is 5.43. The number of carboxylic acid groups (broad SMARTS) is 1. The number of aliphatic hydroxyl groups is 1. The van der Waals surface area contributed by atoms with Crippen molar-refractivity contribution >= 4 is 21.9 Å². The molecule has 4 nitrogen and oxygen atoms in total. The zero-order chi connectivity index (χ0) is 14.5. The highest BCUT2D eigenvalue weighted by molar-refractivity contribution is 9.10. The molecular weight excluding hydrogens is 324 g/mol. The molecule has 110 valence electrons. The van der Waals surface area contributed by atoms with Crippen LogP contribution in [0.4, 0.5) is 0 Å². The maximum atomic E-state index is 11.0. The summed E-state index contributed by atoms with van der Waals surface area (Å²) >= 11 is 3.18. The lowest BCUT2D eigenvalue weighted by Gasteiger charge is -2.16. The molecule has 0 bridgehead atoms. The Hall–Kier alpha value is -1.07. The Morgan fingerprint density at radius 2 is 2.10 bits per heavy atom. The number of halogens is 1. The van der Waals surface area contributed by atoms with Gasteiger partial charge < -0.3 is 14.9 Å². The molecule has 0 amide bonds. The summed E-state index contributed by atoms with van der Waals surface area (Å²) in [5.41, 5.74) is 0.160. The summed E-state index contributed by atoms with van der Waals surface area (Å²) in [7, 11) is 0. The number of carboxylic acids is 1. The van der Waals surface area contributed by atoms with Crippen LogP contribution in [-0.4, -0.2) is 28.9 Å². The summed E-state index contributed by atoms with van der Waals surface area (Å²) in [5.74, 6) is 0.0676. The molecule has 0 saturated heterocycles. The predicted octanol–water partition coefficient (Wildman–Crippen LogP) is 3.47. The van der Waals surface area contributed by atoms with Gasteiger partial charge in [-0.3, -0.25) is 0 Å². The third kappa shape index (κ3) is 4.21. The Balaban J connectivity index is 1.86. The van der Waals surface area contributed by atoms with Crippen molar-refractivity contribution in [2.75, 3.05) is 6.61 Å². The van der Waals surface area contributed by atoms with Crippen molar-refractivity contribution in [1.82, 2.24) is 0 Å². The predicted molar refractivity (Wildman–Crippen MR) is 79.2 cm³/mol. The maximum Gasteiger partial charge on any atom is 0.336 e. The van der Waals surface area contributed by atoms with Crippen LogP contribution < -0.4 is 4.74 Å². The van der Waals surface area contributed by atoms with Gasteiger partial charge >= 0.3 is 5.97 Å². The molecule has 0 radical (unpaired) electrons. The van der Waals surface area contributed by atoms with Crippen LogP contribution in [0.15, 0.2) is 22.7 Å². The Morgan fingerprint density at radius 3 is 2.75 bits per heavy atom. The highest BCUT2D eigenvalue weighted by Crippen LogP contribution is 2.29. The fourth-order valence-corrected chi connectivity index (χ4v) is 3.07. The van der Waals surface area contributed by atoms with Crippen molar-refractivity contribution < 1.29 is 19.7 Å². The Bertz CT molecular complexity index is 469. The quantitative estimate of drug-likeness (QED) is 0.830. The van der Waals surface area contributed by atoms with Gasteiger partial charge in [0, 0.05) is 4.47 Å². The molecule has 2 N–H and O–H groups in total. The molecule has 5 heteroatoms. The monoisotopic (exact) mass is 342 g/mol. The molecule has 2 rings (SSSR count). The first-order chi connectivity index (χ1) is 9.56. The minimum atomic E-state index is -1.01. The molecule has 1 fully saturated rings. The summed E-state index contributed by atoms with van der Waals surface area (Å²) in [6.07, 6.45) is 5.18. The van der Waals surface area contributed by atoms with E-state index in [2.05, 4.69) is 15.9 Å². The van der Waals surface area contributed by atoms with E-state index < -0.39 is 12.1 Å². The van der Waals surface area contributed by atoms with Gasteiger partial charge in [0.25, 0.3) is 0 Å². The van der Waals surface area contributed by atoms with Crippen LogP contribution in [-0.2, 0) is 0 Å². The van der Waals surface area contributed by atoms with Gasteiger partial charge in [-0.25, -0.2) is 4.79 Å². The van der Waals surface area contributed by atoms with Crippen LogP contribution in [0.3, 0.4) is 0 Å². The van der Waals surface area contributed by atoms with Crippen LogP contribution >= 0.6 is 15.9 Å². The lowest BCUT2D eigenvalue weighted by Crippen LogP contribution is -2.20. The van der Waals surface area contributed by atoms with Gasteiger partial charge in [0.05, 0.1) is 11.7 Å². The molecule has 1 aromatic rings.